The molecule has 4 heteroatoms. The lowest BCUT2D eigenvalue weighted by Crippen LogP contribution is -2.17. The molecule has 0 saturated carbocycles. The van der Waals surface area contributed by atoms with Crippen molar-refractivity contribution in [2.45, 2.75) is 19.9 Å². The minimum Gasteiger partial charge on any atom is -0.494 e. The van der Waals surface area contributed by atoms with E-state index >= 15 is 0 Å². The van der Waals surface area contributed by atoms with Gasteiger partial charge < -0.3 is 10.1 Å². The van der Waals surface area contributed by atoms with Crippen molar-refractivity contribution in [3.63, 3.8) is 0 Å². The van der Waals surface area contributed by atoms with Crippen molar-refractivity contribution in [1.29, 1.82) is 0 Å². The summed E-state index contributed by atoms with van der Waals surface area (Å²) in [7, 11) is 0. The molecule has 0 bridgehead atoms. The molecule has 1 heterocycles. The maximum Gasteiger partial charge on any atom is 0.123 e. The number of thiazole rings is 1. The van der Waals surface area contributed by atoms with Gasteiger partial charge in [-0.3, -0.25) is 0 Å². The van der Waals surface area contributed by atoms with Crippen LogP contribution in [0.25, 0.3) is 0 Å². The Hall–Kier alpha value is -1.39. The van der Waals surface area contributed by atoms with Gasteiger partial charge in [-0.05, 0) is 13.0 Å². The predicted octanol–water partition coefficient (Wildman–Crippen LogP) is 2.87. The molecule has 0 aliphatic rings. The maximum atomic E-state index is 5.59. The second kappa shape index (κ2) is 7.13. The number of aromatic nitrogens is 1. The van der Waals surface area contributed by atoms with Gasteiger partial charge in [-0.1, -0.05) is 18.2 Å². The minimum atomic E-state index is 0.704. The summed E-state index contributed by atoms with van der Waals surface area (Å²) in [6, 6.07) is 8.16. The number of nitrogens with zero attached hydrogens (tertiary/aromatic N) is 1. The van der Waals surface area contributed by atoms with E-state index in [2.05, 4.69) is 16.4 Å². The molecule has 0 fully saturated rings. The number of ether oxygens (including phenoxy) is 1. The maximum absolute atomic E-state index is 5.59. The van der Waals surface area contributed by atoms with E-state index in [1.807, 2.05) is 36.7 Å². The lowest BCUT2D eigenvalue weighted by atomic mass is 10.2. The summed E-state index contributed by atoms with van der Waals surface area (Å²) in [6.45, 7) is 4.48. The zero-order valence-corrected chi connectivity index (χ0v) is 11.4. The molecule has 0 aliphatic carbocycles. The van der Waals surface area contributed by atoms with E-state index in [-0.39, 0.29) is 0 Å². The highest BCUT2D eigenvalue weighted by molar-refractivity contribution is 7.09. The molecule has 0 atom stereocenters. The molecule has 0 spiro atoms. The third kappa shape index (κ3) is 3.82. The Morgan fingerprint density at radius 1 is 1.33 bits per heavy atom. The van der Waals surface area contributed by atoms with Crippen LogP contribution in [0.1, 0.15) is 17.5 Å². The molecule has 1 N–H and O–H groups in total. The van der Waals surface area contributed by atoms with E-state index < -0.39 is 0 Å². The second-order valence-electron chi connectivity index (χ2n) is 3.89. The molecule has 2 aromatic rings. The highest BCUT2D eigenvalue weighted by Gasteiger charge is 2.01. The predicted molar refractivity (Wildman–Crippen MR) is 75.1 cm³/mol. The van der Waals surface area contributed by atoms with Crippen molar-refractivity contribution in [3.8, 4) is 5.75 Å². The van der Waals surface area contributed by atoms with Crippen molar-refractivity contribution < 1.29 is 4.74 Å². The van der Waals surface area contributed by atoms with Crippen LogP contribution in [0.5, 0.6) is 5.75 Å². The monoisotopic (exact) mass is 262 g/mol. The van der Waals surface area contributed by atoms with Crippen LogP contribution in [-0.2, 0) is 13.0 Å². The zero-order valence-electron chi connectivity index (χ0n) is 10.6. The van der Waals surface area contributed by atoms with Gasteiger partial charge in [-0.25, -0.2) is 4.98 Å². The molecule has 0 unspecified atom stereocenters. The average Bonchev–Trinajstić information content (AvgIpc) is 2.90. The Bertz CT molecular complexity index is 457. The van der Waals surface area contributed by atoms with Crippen molar-refractivity contribution in [1.82, 2.24) is 10.3 Å². The first-order valence-corrected chi connectivity index (χ1v) is 7.08. The lowest BCUT2D eigenvalue weighted by molar-refractivity contribution is 0.335. The topological polar surface area (TPSA) is 34.1 Å². The quantitative estimate of drug-likeness (QED) is 0.779. The first kappa shape index (κ1) is 13.1. The van der Waals surface area contributed by atoms with Crippen LogP contribution in [0.3, 0.4) is 0 Å². The molecule has 0 aliphatic heterocycles. The van der Waals surface area contributed by atoms with E-state index in [1.54, 1.807) is 11.3 Å². The third-order valence-electron chi connectivity index (χ3n) is 2.59. The van der Waals surface area contributed by atoms with Gasteiger partial charge in [0.2, 0.25) is 0 Å². The summed E-state index contributed by atoms with van der Waals surface area (Å²) in [5.41, 5.74) is 1.21. The van der Waals surface area contributed by atoms with Crippen molar-refractivity contribution in [3.05, 3.63) is 46.4 Å². The molecule has 1 aromatic carbocycles. The fraction of sp³-hybridized carbons (Fsp3) is 0.357. The first-order chi connectivity index (χ1) is 8.90. The number of rotatable bonds is 7. The fourth-order valence-corrected chi connectivity index (χ4v) is 2.36. The van der Waals surface area contributed by atoms with Crippen molar-refractivity contribution in [2.24, 2.45) is 0 Å². The van der Waals surface area contributed by atoms with Gasteiger partial charge in [0.1, 0.15) is 5.75 Å². The Balaban J connectivity index is 1.79. The molecular weight excluding hydrogens is 244 g/mol. The summed E-state index contributed by atoms with van der Waals surface area (Å²) >= 11 is 1.70. The highest BCUT2D eigenvalue weighted by Crippen LogP contribution is 2.17. The Labute approximate surface area is 112 Å². The third-order valence-corrected chi connectivity index (χ3v) is 3.43. The van der Waals surface area contributed by atoms with Crippen LogP contribution >= 0.6 is 11.3 Å². The normalized spacial score (nSPS) is 10.5. The Kier molecular flexibility index (Phi) is 5.17. The van der Waals surface area contributed by atoms with E-state index in [0.29, 0.717) is 6.61 Å². The molecular formula is C14H18N2OS. The van der Waals surface area contributed by atoms with Gasteiger partial charge in [0.15, 0.2) is 0 Å². The van der Waals surface area contributed by atoms with Gasteiger partial charge in [0, 0.05) is 36.7 Å². The number of benzene rings is 1. The Morgan fingerprint density at radius 2 is 2.22 bits per heavy atom. The standard InChI is InChI=1S/C14H18N2OS/c1-2-17-13-6-4-3-5-12(13)11-15-8-7-14-16-9-10-18-14/h3-6,9-10,15H,2,7-8,11H2,1H3. The van der Waals surface area contributed by atoms with Crippen LogP contribution in [-0.4, -0.2) is 18.1 Å². The number of hydrogen-bond acceptors (Lipinski definition) is 4. The molecule has 18 heavy (non-hydrogen) atoms. The summed E-state index contributed by atoms with van der Waals surface area (Å²) in [6.07, 6.45) is 2.83. The van der Waals surface area contributed by atoms with Gasteiger partial charge in [0.25, 0.3) is 0 Å². The minimum absolute atomic E-state index is 0.704. The molecule has 96 valence electrons. The van der Waals surface area contributed by atoms with Crippen LogP contribution in [0.4, 0.5) is 0 Å². The fourth-order valence-electron chi connectivity index (χ4n) is 1.74. The molecule has 1 aromatic heterocycles. The van der Waals surface area contributed by atoms with Crippen LogP contribution in [0.2, 0.25) is 0 Å². The number of para-hydroxylation sites is 1. The molecule has 2 rings (SSSR count). The van der Waals surface area contributed by atoms with Crippen molar-refractivity contribution >= 4 is 11.3 Å². The van der Waals surface area contributed by atoms with Gasteiger partial charge in [-0.2, -0.15) is 0 Å². The van der Waals surface area contributed by atoms with Gasteiger partial charge >= 0.3 is 0 Å². The summed E-state index contributed by atoms with van der Waals surface area (Å²) in [5.74, 6) is 0.974. The van der Waals surface area contributed by atoms with Gasteiger partial charge in [-0.15, -0.1) is 11.3 Å². The highest BCUT2D eigenvalue weighted by atomic mass is 32.1. The lowest BCUT2D eigenvalue weighted by Gasteiger charge is -2.10. The largest absolute Gasteiger partial charge is 0.494 e. The molecule has 3 nitrogen and oxygen atoms in total. The smallest absolute Gasteiger partial charge is 0.123 e. The van der Waals surface area contributed by atoms with E-state index in [4.69, 9.17) is 4.74 Å². The first-order valence-electron chi connectivity index (χ1n) is 6.20. The van der Waals surface area contributed by atoms with E-state index in [1.165, 1.54) is 10.6 Å². The average molecular weight is 262 g/mol. The Morgan fingerprint density at radius 3 is 3.00 bits per heavy atom. The SMILES string of the molecule is CCOc1ccccc1CNCCc1nccs1. The van der Waals surface area contributed by atoms with Crippen LogP contribution < -0.4 is 10.1 Å². The zero-order chi connectivity index (χ0) is 12.6. The van der Waals surface area contributed by atoms with Crippen LogP contribution in [0, 0.1) is 0 Å². The molecule has 0 amide bonds. The summed E-state index contributed by atoms with van der Waals surface area (Å²) < 4.78 is 5.59. The molecule has 0 radical (unpaired) electrons. The number of nitrogens with one attached hydrogen (secondary N) is 1. The van der Waals surface area contributed by atoms with Crippen molar-refractivity contribution in [2.75, 3.05) is 13.2 Å². The number of hydrogen-bond donors (Lipinski definition) is 1. The second-order valence-corrected chi connectivity index (χ2v) is 4.87. The van der Waals surface area contributed by atoms with Gasteiger partial charge in [0.05, 0.1) is 11.6 Å². The van der Waals surface area contributed by atoms with E-state index in [0.717, 1.165) is 25.3 Å². The van der Waals surface area contributed by atoms with E-state index in [9.17, 15) is 0 Å². The summed E-state index contributed by atoms with van der Waals surface area (Å²) in [4.78, 5) is 4.26. The van der Waals surface area contributed by atoms with Crippen LogP contribution in [0.15, 0.2) is 35.8 Å². The summed E-state index contributed by atoms with van der Waals surface area (Å²) in [5, 5.41) is 6.62. The molecule has 0 saturated heterocycles.